The van der Waals surface area contributed by atoms with Crippen LogP contribution in [0.4, 0.5) is 0 Å². The van der Waals surface area contributed by atoms with Crippen LogP contribution in [0.1, 0.15) is 196 Å². The van der Waals surface area contributed by atoms with E-state index in [1.807, 2.05) is 96.2 Å². The van der Waals surface area contributed by atoms with Crippen molar-refractivity contribution in [2.24, 2.45) is 47.3 Å². The number of nitrogens with one attached hydrogen (secondary N) is 3. The van der Waals surface area contributed by atoms with Gasteiger partial charge in [0.25, 0.3) is 0 Å². The van der Waals surface area contributed by atoms with E-state index >= 15 is 28.8 Å². The number of aldehydes is 1. The third-order valence-electron chi connectivity index (χ3n) is 19.2. The molecule has 0 spiro atoms. The number of carbonyl (C=O) groups is 12. The van der Waals surface area contributed by atoms with Gasteiger partial charge in [-0.2, -0.15) is 0 Å². The first-order valence-electron chi connectivity index (χ1n) is 34.5. The third-order valence-corrected chi connectivity index (χ3v) is 23.6. The minimum absolute atomic E-state index is 0.0183. The number of likely N-dealkylation sites (N-methyl/N-ethyl adjacent to an activating group) is 7. The highest BCUT2D eigenvalue weighted by Crippen LogP contribution is 2.40. The van der Waals surface area contributed by atoms with Crippen molar-refractivity contribution < 1.29 is 62.0 Å². The maximum absolute atomic E-state index is 15.8. The number of nitrogens with zero attached hydrogens (tertiary/aromatic N) is 7. The summed E-state index contributed by atoms with van der Waals surface area (Å²) in [4.78, 5) is 187. The molecule has 24 heteroatoms. The zero-order valence-corrected chi connectivity index (χ0v) is 64.3. The average Bonchev–Trinajstić information content (AvgIpc) is 0.792. The summed E-state index contributed by atoms with van der Waals surface area (Å²) in [5, 5.41) is 8.22. The Morgan fingerprint density at radius 3 is 1.30 bits per heavy atom. The Kier molecular flexibility index (Phi) is 34.5. The molecular formula is C70H128N10O13Si. The molecule has 0 aliphatic carbocycles. The van der Waals surface area contributed by atoms with Crippen LogP contribution in [0.2, 0.25) is 18.1 Å². The van der Waals surface area contributed by atoms with Gasteiger partial charge in [-0.1, -0.05) is 138 Å². The Morgan fingerprint density at radius 2 is 0.883 bits per heavy atom. The average molecular weight is 1350 g/mol. The van der Waals surface area contributed by atoms with Crippen molar-refractivity contribution in [3.8, 4) is 0 Å². The Bertz CT molecular complexity index is 2590. The van der Waals surface area contributed by atoms with Crippen LogP contribution in [0, 0.1) is 47.3 Å². The summed E-state index contributed by atoms with van der Waals surface area (Å²) in [6, 6.07) is -12.1. The standard InChI is InChI=1S/C70H128N10O13Si/c1-30-32-50-65(88)75(22)52(36-41(5)6)61(84)73-56(44(11)12)68(91)76(23)51(35-40(3)4)60(83)71-48(17)55(82)39-47(16)63(86)77(24)53(37-42(7)8)66(89)78(25)54(38-43(9)10)67(90)79(26)57(45(13)14)69(92)80(27)58(62(85)72-49(31-2)64(87)74(50)21)59(46(15)33-34-81)93-94(28,29)70(18,19)20/h34,40-54,56-59H,30-33,35-39H2,1-29H3,(H,71,83)(H,72,85)(H,73,84)/t46-,47-,48-,49-,50-,51-,52+,53-,54-,56-,57-,58-,59-/m1/s1. The summed E-state index contributed by atoms with van der Waals surface area (Å²) in [5.41, 5.74) is 0. The number of hydrogen-bond acceptors (Lipinski definition) is 13. The second kappa shape index (κ2) is 37.7. The smallest absolute Gasteiger partial charge is 0.246 e. The van der Waals surface area contributed by atoms with Gasteiger partial charge >= 0.3 is 0 Å². The van der Waals surface area contributed by atoms with Crippen molar-refractivity contribution in [3.05, 3.63) is 0 Å². The van der Waals surface area contributed by atoms with E-state index in [4.69, 9.17) is 4.43 Å². The minimum atomic E-state index is -2.90. The molecule has 1 saturated heterocycles. The van der Waals surface area contributed by atoms with Gasteiger partial charge in [-0.05, 0) is 105 Å². The number of hydrogen-bond donors (Lipinski definition) is 3. The van der Waals surface area contributed by atoms with Gasteiger partial charge in [0.15, 0.2) is 14.1 Å². The van der Waals surface area contributed by atoms with Gasteiger partial charge in [-0.3, -0.25) is 52.7 Å². The molecule has 1 rings (SSSR count). The summed E-state index contributed by atoms with van der Waals surface area (Å²) in [5.74, 6) is -10.1. The minimum Gasteiger partial charge on any atom is -0.411 e. The second-order valence-electron chi connectivity index (χ2n) is 30.9. The summed E-state index contributed by atoms with van der Waals surface area (Å²) in [6.07, 6.45) is 0.411. The van der Waals surface area contributed by atoms with Crippen LogP contribution in [0.3, 0.4) is 0 Å². The zero-order chi connectivity index (χ0) is 73.3. The monoisotopic (exact) mass is 1340 g/mol. The molecule has 1 fully saturated rings. The molecule has 0 aromatic carbocycles. The van der Waals surface area contributed by atoms with Crippen LogP contribution in [0.5, 0.6) is 0 Å². The third kappa shape index (κ3) is 23.2. The lowest BCUT2D eigenvalue weighted by Gasteiger charge is -2.46. The first kappa shape index (κ1) is 86.2. The molecule has 0 bridgehead atoms. The second-order valence-corrected chi connectivity index (χ2v) is 35.6. The Balaban J connectivity index is 4.66. The fourth-order valence-electron chi connectivity index (χ4n) is 12.1. The number of Topliss-reactive ketones (excluding diaryl/α,β-unsaturated/α-hetero) is 1. The van der Waals surface area contributed by atoms with Crippen molar-refractivity contribution in [2.45, 2.75) is 281 Å². The van der Waals surface area contributed by atoms with E-state index in [1.165, 1.54) is 90.6 Å². The highest BCUT2D eigenvalue weighted by atomic mass is 28.4. The van der Waals surface area contributed by atoms with Crippen molar-refractivity contribution in [3.63, 3.8) is 0 Å². The van der Waals surface area contributed by atoms with Gasteiger partial charge in [0.1, 0.15) is 60.7 Å². The first-order chi connectivity index (χ1) is 43.1. The molecule has 1 heterocycles. The predicted octanol–water partition coefficient (Wildman–Crippen LogP) is 7.18. The molecule has 13 atom stereocenters. The molecule has 0 aromatic heterocycles. The van der Waals surface area contributed by atoms with Crippen LogP contribution in [0.15, 0.2) is 0 Å². The van der Waals surface area contributed by atoms with Crippen molar-refractivity contribution in [1.29, 1.82) is 0 Å². The van der Waals surface area contributed by atoms with Crippen LogP contribution in [-0.4, -0.2) is 230 Å². The topological polar surface area (TPSA) is 273 Å². The normalized spacial score (nSPS) is 26.6. The number of ketones is 1. The van der Waals surface area contributed by atoms with Gasteiger partial charge in [-0.15, -0.1) is 0 Å². The maximum Gasteiger partial charge on any atom is 0.246 e. The summed E-state index contributed by atoms with van der Waals surface area (Å²) >= 11 is 0. The summed E-state index contributed by atoms with van der Waals surface area (Å²) in [6.45, 7) is 40.5. The van der Waals surface area contributed by atoms with E-state index in [0.29, 0.717) is 6.42 Å². The van der Waals surface area contributed by atoms with Gasteiger partial charge in [0.05, 0.1) is 12.1 Å². The molecule has 540 valence electrons. The summed E-state index contributed by atoms with van der Waals surface area (Å²) < 4.78 is 7.14. The first-order valence-corrected chi connectivity index (χ1v) is 37.4. The van der Waals surface area contributed by atoms with E-state index in [0.717, 1.165) is 6.29 Å². The molecule has 0 saturated carbocycles. The fourth-order valence-corrected chi connectivity index (χ4v) is 13.5. The lowest BCUT2D eigenvalue weighted by atomic mass is 9.91. The van der Waals surface area contributed by atoms with Crippen LogP contribution >= 0.6 is 0 Å². The SMILES string of the molecule is CCC[C@@H]1C(=O)N(C)[C@@H](CC(C)C)C(=O)N[C@H](C(C)C)C(=O)N(C)[C@H](CC(C)C)C(=O)N[C@H](C)C(=O)C[C@@H](C)C(=O)N(C)[C@H](CC(C)C)C(=O)N(C)[C@H](CC(C)C)C(=O)N(C)[C@H](C(C)C)C(=O)N(C)[C@H]([C@H](O[Si](C)(C)C(C)(C)C)[C@H](C)CC=O)C(=O)N[C@H](CC)C(=O)N1C. The number of rotatable bonds is 19. The quantitative estimate of drug-likeness (QED) is 0.0855. The van der Waals surface area contributed by atoms with Crippen LogP contribution < -0.4 is 16.0 Å². The van der Waals surface area contributed by atoms with Gasteiger partial charge in [0, 0.05) is 68.1 Å². The number of amides is 10. The molecule has 0 aromatic rings. The molecular weight excluding hydrogens is 1220 g/mol. The Labute approximate surface area is 566 Å². The van der Waals surface area contributed by atoms with Gasteiger partial charge in [-0.25, -0.2) is 0 Å². The maximum atomic E-state index is 15.8. The lowest BCUT2D eigenvalue weighted by Crippen LogP contribution is -2.65. The van der Waals surface area contributed by atoms with Gasteiger partial charge < -0.3 is 59.5 Å². The van der Waals surface area contributed by atoms with Crippen LogP contribution in [-0.2, 0) is 62.0 Å². The highest BCUT2D eigenvalue weighted by molar-refractivity contribution is 6.74. The molecule has 10 amide bonds. The van der Waals surface area contributed by atoms with Crippen molar-refractivity contribution >= 4 is 79.5 Å². The molecule has 1 aliphatic heterocycles. The fraction of sp³-hybridized carbons (Fsp3) is 0.829. The number of carbonyl (C=O) groups excluding carboxylic acids is 12. The van der Waals surface area contributed by atoms with E-state index in [-0.39, 0.29) is 75.0 Å². The van der Waals surface area contributed by atoms with Gasteiger partial charge in [0.2, 0.25) is 59.1 Å². The molecule has 0 radical (unpaired) electrons. The van der Waals surface area contributed by atoms with E-state index in [9.17, 15) is 28.8 Å². The molecule has 0 unspecified atom stereocenters. The highest BCUT2D eigenvalue weighted by Gasteiger charge is 2.50. The van der Waals surface area contributed by atoms with E-state index < -0.39 is 168 Å². The van der Waals surface area contributed by atoms with E-state index in [2.05, 4.69) is 16.0 Å². The van der Waals surface area contributed by atoms with Crippen molar-refractivity contribution in [1.82, 2.24) is 50.2 Å². The lowest BCUT2D eigenvalue weighted by molar-refractivity contribution is -0.157. The van der Waals surface area contributed by atoms with Crippen molar-refractivity contribution in [2.75, 3.05) is 49.3 Å². The zero-order valence-electron chi connectivity index (χ0n) is 63.3. The molecule has 23 nitrogen and oxygen atoms in total. The Hall–Kier alpha value is -5.78. The molecule has 1 aliphatic rings. The molecule has 94 heavy (non-hydrogen) atoms. The summed E-state index contributed by atoms with van der Waals surface area (Å²) in [7, 11) is 7.39. The predicted molar refractivity (Wildman–Crippen MR) is 371 cm³/mol. The Morgan fingerprint density at radius 1 is 0.489 bits per heavy atom. The largest absolute Gasteiger partial charge is 0.411 e. The van der Waals surface area contributed by atoms with Crippen LogP contribution in [0.25, 0.3) is 0 Å². The van der Waals surface area contributed by atoms with E-state index in [1.54, 1.807) is 48.5 Å². The molecule has 3 N–H and O–H groups in total.